The fourth-order valence-corrected chi connectivity index (χ4v) is 3.89. The summed E-state index contributed by atoms with van der Waals surface area (Å²) in [7, 11) is 0. The lowest BCUT2D eigenvalue weighted by Crippen LogP contribution is -2.15. The van der Waals surface area contributed by atoms with Crippen LogP contribution in [-0.4, -0.2) is 21.4 Å². The van der Waals surface area contributed by atoms with Gasteiger partial charge in [-0.3, -0.25) is 10.1 Å². The number of hydrogen-bond donors (Lipinski definition) is 1. The van der Waals surface area contributed by atoms with Crippen LogP contribution in [0.4, 0.5) is 10.8 Å². The Kier molecular flexibility index (Phi) is 4.76. The van der Waals surface area contributed by atoms with Crippen LogP contribution in [-0.2, 0) is 0 Å². The van der Waals surface area contributed by atoms with Gasteiger partial charge in [0.25, 0.3) is 0 Å². The van der Waals surface area contributed by atoms with Crippen LogP contribution < -0.4 is 5.32 Å². The summed E-state index contributed by atoms with van der Waals surface area (Å²) in [6.45, 7) is 0.615. The van der Waals surface area contributed by atoms with Crippen molar-refractivity contribution in [2.24, 2.45) is 0 Å². The van der Waals surface area contributed by atoms with Crippen molar-refractivity contribution in [3.8, 4) is 0 Å². The van der Waals surface area contributed by atoms with Gasteiger partial charge in [0, 0.05) is 18.5 Å². The molecule has 27 heavy (non-hydrogen) atoms. The van der Waals surface area contributed by atoms with E-state index in [1.54, 1.807) is 0 Å². The van der Waals surface area contributed by atoms with E-state index in [1.165, 1.54) is 23.5 Å². The van der Waals surface area contributed by atoms with Gasteiger partial charge >= 0.3 is 5.00 Å². The van der Waals surface area contributed by atoms with Crippen molar-refractivity contribution < 1.29 is 4.92 Å². The molecule has 0 saturated heterocycles. The van der Waals surface area contributed by atoms with E-state index in [4.69, 9.17) is 0 Å². The molecule has 0 saturated carbocycles. The van der Waals surface area contributed by atoms with Gasteiger partial charge in [-0.25, -0.2) is 9.97 Å². The van der Waals surface area contributed by atoms with Crippen LogP contribution >= 0.6 is 11.3 Å². The molecule has 2 heterocycles. The Morgan fingerprint density at radius 3 is 2.22 bits per heavy atom. The fourth-order valence-electron chi connectivity index (χ4n) is 3.07. The first-order valence-electron chi connectivity index (χ1n) is 8.45. The maximum absolute atomic E-state index is 11.1. The topological polar surface area (TPSA) is 81.0 Å². The number of nitrogens with zero attached hydrogens (tertiary/aromatic N) is 3. The lowest BCUT2D eigenvalue weighted by molar-refractivity contribution is -0.380. The van der Waals surface area contributed by atoms with Crippen LogP contribution in [0.2, 0.25) is 0 Å². The van der Waals surface area contributed by atoms with Crippen molar-refractivity contribution in [2.75, 3.05) is 11.9 Å². The predicted molar refractivity (Wildman–Crippen MR) is 107 cm³/mol. The van der Waals surface area contributed by atoms with Crippen molar-refractivity contribution in [3.05, 3.63) is 94.3 Å². The second kappa shape index (κ2) is 7.51. The quantitative estimate of drug-likeness (QED) is 0.384. The highest BCUT2D eigenvalue weighted by Crippen LogP contribution is 2.33. The Morgan fingerprint density at radius 2 is 1.63 bits per heavy atom. The number of thiophene rings is 1. The van der Waals surface area contributed by atoms with Crippen molar-refractivity contribution in [1.82, 2.24) is 9.97 Å². The molecule has 2 aromatic carbocycles. The molecule has 4 rings (SSSR count). The number of aromatic nitrogens is 2. The Balaban J connectivity index is 1.65. The largest absolute Gasteiger partial charge is 0.368 e. The zero-order valence-electron chi connectivity index (χ0n) is 14.3. The van der Waals surface area contributed by atoms with E-state index in [0.717, 1.165) is 11.3 Å². The molecule has 0 spiro atoms. The molecule has 4 aromatic rings. The maximum Gasteiger partial charge on any atom is 0.326 e. The van der Waals surface area contributed by atoms with E-state index < -0.39 is 4.92 Å². The molecule has 0 radical (unpaired) electrons. The van der Waals surface area contributed by atoms with Crippen LogP contribution in [0.3, 0.4) is 0 Å². The van der Waals surface area contributed by atoms with E-state index in [9.17, 15) is 10.1 Å². The number of anilines is 1. The lowest BCUT2D eigenvalue weighted by atomic mass is 9.91. The first kappa shape index (κ1) is 17.1. The van der Waals surface area contributed by atoms with Gasteiger partial charge in [0.1, 0.15) is 17.0 Å². The first-order chi connectivity index (χ1) is 13.2. The molecule has 0 aliphatic heterocycles. The predicted octanol–water partition coefficient (Wildman–Crippen LogP) is 4.84. The molecule has 0 amide bonds. The number of benzene rings is 2. The average molecular weight is 376 g/mol. The van der Waals surface area contributed by atoms with Crippen LogP contribution in [0.25, 0.3) is 10.2 Å². The third kappa shape index (κ3) is 3.63. The van der Waals surface area contributed by atoms with E-state index in [0.29, 0.717) is 22.6 Å². The molecule has 0 unspecified atom stereocenters. The number of nitro groups is 1. The smallest absolute Gasteiger partial charge is 0.326 e. The summed E-state index contributed by atoms with van der Waals surface area (Å²) < 4.78 is 0. The van der Waals surface area contributed by atoms with E-state index in [2.05, 4.69) is 39.6 Å². The maximum atomic E-state index is 11.1. The second-order valence-electron chi connectivity index (χ2n) is 6.04. The highest BCUT2D eigenvalue weighted by atomic mass is 32.1. The van der Waals surface area contributed by atoms with Crippen molar-refractivity contribution >= 4 is 32.4 Å². The van der Waals surface area contributed by atoms with Gasteiger partial charge in [-0.1, -0.05) is 60.7 Å². The Morgan fingerprint density at radius 1 is 1.00 bits per heavy atom. The van der Waals surface area contributed by atoms with E-state index in [1.807, 2.05) is 36.4 Å². The van der Waals surface area contributed by atoms with Gasteiger partial charge in [0.05, 0.1) is 10.3 Å². The average Bonchev–Trinajstić information content (AvgIpc) is 3.15. The zero-order valence-corrected chi connectivity index (χ0v) is 15.1. The van der Waals surface area contributed by atoms with Crippen LogP contribution in [0.1, 0.15) is 17.0 Å². The number of nitrogens with one attached hydrogen (secondary N) is 1. The molecular formula is C20H16N4O2S. The molecule has 0 fully saturated rings. The molecule has 2 aromatic heterocycles. The van der Waals surface area contributed by atoms with Gasteiger partial charge < -0.3 is 5.32 Å². The zero-order chi connectivity index (χ0) is 18.6. The third-order valence-corrected chi connectivity index (χ3v) is 5.37. The minimum Gasteiger partial charge on any atom is -0.368 e. The van der Waals surface area contributed by atoms with E-state index >= 15 is 0 Å². The van der Waals surface area contributed by atoms with E-state index in [-0.39, 0.29) is 10.9 Å². The summed E-state index contributed by atoms with van der Waals surface area (Å²) in [6, 6.07) is 22.0. The van der Waals surface area contributed by atoms with Crippen LogP contribution in [0, 0.1) is 10.1 Å². The molecule has 1 N–H and O–H groups in total. The molecule has 7 heteroatoms. The first-order valence-corrected chi connectivity index (χ1v) is 9.26. The summed E-state index contributed by atoms with van der Waals surface area (Å²) in [5.41, 5.74) is 2.38. The monoisotopic (exact) mass is 376 g/mol. The van der Waals surface area contributed by atoms with Gasteiger partial charge in [-0.05, 0) is 22.5 Å². The van der Waals surface area contributed by atoms with Gasteiger partial charge in [-0.15, -0.1) is 0 Å². The normalized spacial score (nSPS) is 11.0. The Bertz CT molecular complexity index is 1030. The fraction of sp³-hybridized carbons (Fsp3) is 0.100. The SMILES string of the molecule is O=[N+]([O-])c1cc2c(NCC(c3ccccc3)c3ccccc3)ncnc2s1. The number of rotatable bonds is 6. The molecular weight excluding hydrogens is 360 g/mol. The minimum atomic E-state index is -0.396. The molecule has 0 atom stereocenters. The third-order valence-electron chi connectivity index (χ3n) is 4.37. The molecule has 6 nitrogen and oxygen atoms in total. The lowest BCUT2D eigenvalue weighted by Gasteiger charge is -2.19. The standard InChI is InChI=1S/C20H16N4O2S/c25-24(26)18-11-16-19(22-13-23-20(16)27-18)21-12-17(14-7-3-1-4-8-14)15-9-5-2-6-10-15/h1-11,13,17H,12H2,(H,21,22,23). The van der Waals surface area contributed by atoms with Crippen LogP contribution in [0.5, 0.6) is 0 Å². The summed E-state index contributed by atoms with van der Waals surface area (Å²) >= 11 is 1.06. The second-order valence-corrected chi connectivity index (χ2v) is 7.05. The molecule has 0 bridgehead atoms. The number of fused-ring (bicyclic) bond motifs is 1. The highest BCUT2D eigenvalue weighted by molar-refractivity contribution is 7.21. The molecule has 0 aliphatic carbocycles. The number of hydrogen-bond acceptors (Lipinski definition) is 6. The van der Waals surface area contributed by atoms with Crippen molar-refractivity contribution in [2.45, 2.75) is 5.92 Å². The van der Waals surface area contributed by atoms with Crippen molar-refractivity contribution in [3.63, 3.8) is 0 Å². The summed E-state index contributed by atoms with van der Waals surface area (Å²) in [6.07, 6.45) is 1.44. The van der Waals surface area contributed by atoms with Crippen molar-refractivity contribution in [1.29, 1.82) is 0 Å². The summed E-state index contributed by atoms with van der Waals surface area (Å²) in [4.78, 5) is 19.7. The summed E-state index contributed by atoms with van der Waals surface area (Å²) in [5, 5.41) is 15.2. The minimum absolute atomic E-state index is 0.0659. The van der Waals surface area contributed by atoms with Gasteiger partial charge in [0.2, 0.25) is 0 Å². The van der Waals surface area contributed by atoms with Crippen LogP contribution in [0.15, 0.2) is 73.1 Å². The highest BCUT2D eigenvalue weighted by Gasteiger charge is 2.18. The summed E-state index contributed by atoms with van der Waals surface area (Å²) in [5.74, 6) is 0.743. The van der Waals surface area contributed by atoms with Gasteiger partial charge in [0.15, 0.2) is 0 Å². The molecule has 134 valence electrons. The Hall–Kier alpha value is -3.32. The molecule has 0 aliphatic rings. The Labute approximate surface area is 159 Å². The van der Waals surface area contributed by atoms with Gasteiger partial charge in [-0.2, -0.15) is 0 Å².